The summed E-state index contributed by atoms with van der Waals surface area (Å²) in [6.07, 6.45) is 0. The zero-order valence-corrected chi connectivity index (χ0v) is 23.0. The molecule has 38 heavy (non-hydrogen) atoms. The Kier molecular flexibility index (Phi) is 6.95. The summed E-state index contributed by atoms with van der Waals surface area (Å²) in [5.41, 5.74) is 6.44. The van der Waals surface area contributed by atoms with Gasteiger partial charge in [0.2, 0.25) is 0 Å². The highest BCUT2D eigenvalue weighted by atomic mass is 16.7. The van der Waals surface area contributed by atoms with Gasteiger partial charge in [-0.3, -0.25) is 0 Å². The van der Waals surface area contributed by atoms with Gasteiger partial charge in [0.05, 0.1) is 22.6 Å². The van der Waals surface area contributed by atoms with E-state index in [0.29, 0.717) is 0 Å². The molecule has 0 N–H and O–H groups in total. The first-order valence-corrected chi connectivity index (χ1v) is 13.3. The molecular formula is C32H34BN3O2. The lowest BCUT2D eigenvalue weighted by Gasteiger charge is -2.32. The Morgan fingerprint density at radius 3 is 1.66 bits per heavy atom. The summed E-state index contributed by atoms with van der Waals surface area (Å²) in [5.74, 6) is 0. The first-order chi connectivity index (χ1) is 18.3. The Bertz CT molecular complexity index is 1520. The van der Waals surface area contributed by atoms with Crippen LogP contribution in [0.15, 0.2) is 97.1 Å². The van der Waals surface area contributed by atoms with Crippen molar-refractivity contribution in [1.82, 2.24) is 14.6 Å². The van der Waals surface area contributed by atoms with E-state index in [-0.39, 0.29) is 0 Å². The molecule has 5 nitrogen and oxygen atoms in total. The maximum atomic E-state index is 6.48. The second-order valence-corrected chi connectivity index (χ2v) is 10.2. The van der Waals surface area contributed by atoms with Gasteiger partial charge in [0.1, 0.15) is 5.59 Å². The van der Waals surface area contributed by atoms with Gasteiger partial charge >= 0.3 is 7.12 Å². The van der Waals surface area contributed by atoms with E-state index in [1.807, 2.05) is 73.0 Å². The highest BCUT2D eigenvalue weighted by Gasteiger charge is 2.53. The molecule has 0 atom stereocenters. The maximum absolute atomic E-state index is 6.48. The Morgan fingerprint density at radius 1 is 0.658 bits per heavy atom. The van der Waals surface area contributed by atoms with E-state index in [0.717, 1.165) is 44.9 Å². The van der Waals surface area contributed by atoms with Crippen LogP contribution in [0, 0.1) is 0 Å². The second kappa shape index (κ2) is 10.2. The highest BCUT2D eigenvalue weighted by molar-refractivity contribution is 6.63. The quantitative estimate of drug-likeness (QED) is 0.247. The largest absolute Gasteiger partial charge is 0.517 e. The average Bonchev–Trinajstić information content (AvgIpc) is 3.44. The van der Waals surface area contributed by atoms with Crippen molar-refractivity contribution in [2.75, 3.05) is 0 Å². The lowest BCUT2D eigenvalue weighted by Crippen LogP contribution is -2.41. The molecule has 0 amide bonds. The summed E-state index contributed by atoms with van der Waals surface area (Å²) in [5, 5.41) is 5.12. The molecule has 1 saturated heterocycles. The minimum absolute atomic E-state index is 0.480. The zero-order valence-electron chi connectivity index (χ0n) is 23.0. The first kappa shape index (κ1) is 25.9. The van der Waals surface area contributed by atoms with Gasteiger partial charge in [-0.1, -0.05) is 105 Å². The summed E-state index contributed by atoms with van der Waals surface area (Å²) in [4.78, 5) is 5.16. The molecule has 3 heterocycles. The molecular weight excluding hydrogens is 469 g/mol. The topological polar surface area (TPSA) is 48.7 Å². The van der Waals surface area contributed by atoms with Gasteiger partial charge in [-0.2, -0.15) is 5.10 Å². The van der Waals surface area contributed by atoms with E-state index in [1.54, 1.807) is 0 Å². The predicted octanol–water partition coefficient (Wildman–Crippen LogP) is 7.06. The van der Waals surface area contributed by atoms with E-state index in [4.69, 9.17) is 19.4 Å². The molecule has 0 aliphatic carbocycles. The first-order valence-electron chi connectivity index (χ1n) is 13.3. The monoisotopic (exact) mass is 503 g/mol. The molecule has 2 aromatic heterocycles. The third-order valence-electron chi connectivity index (χ3n) is 7.29. The summed E-state index contributed by atoms with van der Waals surface area (Å²) >= 11 is 0. The normalized spacial score (nSPS) is 15.8. The van der Waals surface area contributed by atoms with E-state index >= 15 is 0 Å². The SMILES string of the molecule is CC.CC1(C)OB(c2nn3c(-c4ccccc4)cc(-c4ccccc4)nc3c2-c2ccccc2)OC1(C)C. The number of aromatic nitrogens is 3. The summed E-state index contributed by atoms with van der Waals surface area (Å²) in [6, 6.07) is 32.9. The summed E-state index contributed by atoms with van der Waals surface area (Å²) in [7, 11) is -0.615. The summed E-state index contributed by atoms with van der Waals surface area (Å²) < 4.78 is 14.9. The molecule has 6 heteroatoms. The Morgan fingerprint density at radius 2 is 1.13 bits per heavy atom. The van der Waals surface area contributed by atoms with Gasteiger partial charge in [0.15, 0.2) is 5.65 Å². The predicted molar refractivity (Wildman–Crippen MR) is 156 cm³/mol. The molecule has 0 radical (unpaired) electrons. The van der Waals surface area contributed by atoms with E-state index in [9.17, 15) is 0 Å². The van der Waals surface area contributed by atoms with Crippen molar-refractivity contribution < 1.29 is 9.31 Å². The van der Waals surface area contributed by atoms with Crippen molar-refractivity contribution in [3.05, 3.63) is 97.1 Å². The molecule has 0 bridgehead atoms. The molecule has 1 aliphatic heterocycles. The molecule has 1 aliphatic rings. The minimum atomic E-state index is -0.615. The van der Waals surface area contributed by atoms with Gasteiger partial charge in [-0.15, -0.1) is 0 Å². The van der Waals surface area contributed by atoms with E-state index in [1.165, 1.54) is 0 Å². The Balaban J connectivity index is 0.00000144. The van der Waals surface area contributed by atoms with Crippen LogP contribution in [0.1, 0.15) is 41.5 Å². The number of fused-ring (bicyclic) bond motifs is 1. The van der Waals surface area contributed by atoms with Crippen molar-refractivity contribution >= 4 is 18.4 Å². The number of benzene rings is 3. The molecule has 6 rings (SSSR count). The Hall–Kier alpha value is -3.74. The van der Waals surface area contributed by atoms with Crippen LogP contribution in [-0.4, -0.2) is 32.9 Å². The van der Waals surface area contributed by atoms with Crippen LogP contribution in [0.3, 0.4) is 0 Å². The van der Waals surface area contributed by atoms with Crippen molar-refractivity contribution in [2.45, 2.75) is 52.7 Å². The standard InChI is InChI=1S/C30H28BN3O2.C2H6/c1-29(2)30(3,4)36-31(35-29)27-26(23-18-12-7-13-19-23)28-32-24(21-14-8-5-9-15-21)20-25(34(28)33-27)22-16-10-6-11-17-22;1-2/h5-20H,1-4H3;1-2H3. The van der Waals surface area contributed by atoms with Crippen LogP contribution < -0.4 is 5.59 Å². The Labute approximate surface area is 225 Å². The van der Waals surface area contributed by atoms with Crippen LogP contribution >= 0.6 is 0 Å². The van der Waals surface area contributed by atoms with Crippen molar-refractivity contribution in [2.24, 2.45) is 0 Å². The number of hydrogen-bond acceptors (Lipinski definition) is 4. The van der Waals surface area contributed by atoms with E-state index in [2.05, 4.69) is 70.2 Å². The molecule has 5 aromatic rings. The zero-order chi connectivity index (χ0) is 26.9. The van der Waals surface area contributed by atoms with Gasteiger partial charge < -0.3 is 9.31 Å². The molecule has 3 aromatic carbocycles. The van der Waals surface area contributed by atoms with Crippen LogP contribution in [0.5, 0.6) is 0 Å². The fourth-order valence-corrected chi connectivity index (χ4v) is 4.61. The van der Waals surface area contributed by atoms with Crippen molar-refractivity contribution in [3.63, 3.8) is 0 Å². The number of hydrogen-bond donors (Lipinski definition) is 0. The molecule has 0 unspecified atom stereocenters. The third-order valence-corrected chi connectivity index (χ3v) is 7.29. The van der Waals surface area contributed by atoms with Crippen LogP contribution in [0.2, 0.25) is 0 Å². The molecule has 1 fully saturated rings. The molecule has 0 saturated carbocycles. The van der Waals surface area contributed by atoms with E-state index < -0.39 is 18.3 Å². The minimum Gasteiger partial charge on any atom is -0.398 e. The smallest absolute Gasteiger partial charge is 0.398 e. The van der Waals surface area contributed by atoms with Gasteiger partial charge in [0, 0.05) is 16.7 Å². The average molecular weight is 503 g/mol. The van der Waals surface area contributed by atoms with Crippen LogP contribution in [0.4, 0.5) is 0 Å². The fourth-order valence-electron chi connectivity index (χ4n) is 4.61. The van der Waals surface area contributed by atoms with Gasteiger partial charge in [0.25, 0.3) is 0 Å². The lowest BCUT2D eigenvalue weighted by molar-refractivity contribution is 0.00578. The highest BCUT2D eigenvalue weighted by Crippen LogP contribution is 2.38. The number of nitrogens with zero attached hydrogens (tertiary/aromatic N) is 3. The fraction of sp³-hybridized carbons (Fsp3) is 0.250. The molecule has 192 valence electrons. The van der Waals surface area contributed by atoms with Crippen molar-refractivity contribution in [1.29, 1.82) is 0 Å². The third kappa shape index (κ3) is 4.55. The number of rotatable bonds is 4. The lowest BCUT2D eigenvalue weighted by atomic mass is 9.80. The summed E-state index contributed by atoms with van der Waals surface area (Å²) in [6.45, 7) is 12.2. The van der Waals surface area contributed by atoms with Crippen LogP contribution in [-0.2, 0) is 9.31 Å². The molecule has 0 spiro atoms. The maximum Gasteiger partial charge on any atom is 0.517 e. The van der Waals surface area contributed by atoms with Gasteiger partial charge in [-0.25, -0.2) is 9.50 Å². The van der Waals surface area contributed by atoms with Gasteiger partial charge in [-0.05, 0) is 39.3 Å². The van der Waals surface area contributed by atoms with Crippen LogP contribution in [0.25, 0.3) is 39.3 Å². The van der Waals surface area contributed by atoms with Crippen molar-refractivity contribution in [3.8, 4) is 33.6 Å². The second-order valence-electron chi connectivity index (χ2n) is 10.2.